The van der Waals surface area contributed by atoms with Crippen LogP contribution >= 0.6 is 12.2 Å². The number of quaternary nitrogens is 1. The van der Waals surface area contributed by atoms with E-state index in [0.29, 0.717) is 23.8 Å². The topological polar surface area (TPSA) is 55.6 Å². The summed E-state index contributed by atoms with van der Waals surface area (Å²) in [5.74, 6) is 0.642. The lowest BCUT2D eigenvalue weighted by molar-refractivity contribution is -0.931. The normalized spacial score (nSPS) is 22.3. The Labute approximate surface area is 128 Å². The highest BCUT2D eigenvalue weighted by molar-refractivity contribution is 7.71. The van der Waals surface area contributed by atoms with Crippen LogP contribution in [0.15, 0.2) is 34.7 Å². The van der Waals surface area contributed by atoms with Gasteiger partial charge in [-0.1, -0.05) is 30.3 Å². The molecule has 0 amide bonds. The zero-order chi connectivity index (χ0) is 14.7. The molecule has 1 aromatic carbocycles. The van der Waals surface area contributed by atoms with E-state index in [-0.39, 0.29) is 6.10 Å². The molecule has 5 nitrogen and oxygen atoms in total. The molecule has 1 fully saturated rings. The van der Waals surface area contributed by atoms with E-state index >= 15 is 0 Å². The second-order valence-electron chi connectivity index (χ2n) is 5.58. The predicted octanol–water partition coefficient (Wildman–Crippen LogP) is 0.793. The van der Waals surface area contributed by atoms with Crippen molar-refractivity contribution in [3.8, 4) is 0 Å². The van der Waals surface area contributed by atoms with E-state index < -0.39 is 0 Å². The van der Waals surface area contributed by atoms with Gasteiger partial charge >= 0.3 is 0 Å². The fourth-order valence-electron chi connectivity index (χ4n) is 2.77. The van der Waals surface area contributed by atoms with Gasteiger partial charge in [0.25, 0.3) is 4.84 Å². The van der Waals surface area contributed by atoms with E-state index in [0.717, 1.165) is 31.5 Å². The van der Waals surface area contributed by atoms with Gasteiger partial charge in [0.1, 0.15) is 12.6 Å². The lowest BCUT2D eigenvalue weighted by Crippen LogP contribution is -3.13. The lowest BCUT2D eigenvalue weighted by atomic mass is 10.1. The number of aliphatic hydroxyl groups excluding tert-OH is 1. The number of piperidine rings is 1. The molecule has 0 bridgehead atoms. The maximum Gasteiger partial charge on any atom is 0.291 e. The third-order valence-corrected chi connectivity index (χ3v) is 4.11. The molecule has 0 radical (unpaired) electrons. The van der Waals surface area contributed by atoms with Gasteiger partial charge < -0.3 is 14.4 Å². The van der Waals surface area contributed by atoms with Crippen LogP contribution in [0.3, 0.4) is 0 Å². The first-order chi connectivity index (χ1) is 10.2. The summed E-state index contributed by atoms with van der Waals surface area (Å²) >= 11 is 5.24. The second kappa shape index (κ2) is 6.51. The maximum atomic E-state index is 9.73. The van der Waals surface area contributed by atoms with Crippen LogP contribution in [0.1, 0.15) is 24.3 Å². The average Bonchev–Trinajstić information content (AvgIpc) is 2.80. The van der Waals surface area contributed by atoms with E-state index in [9.17, 15) is 5.11 Å². The fourth-order valence-corrected chi connectivity index (χ4v) is 2.97. The van der Waals surface area contributed by atoms with Crippen LogP contribution in [-0.2, 0) is 13.1 Å². The first-order valence-electron chi connectivity index (χ1n) is 7.33. The van der Waals surface area contributed by atoms with E-state index in [1.807, 2.05) is 30.3 Å². The molecule has 3 rings (SSSR count). The minimum absolute atomic E-state index is 0.210. The Morgan fingerprint density at radius 2 is 2.19 bits per heavy atom. The summed E-state index contributed by atoms with van der Waals surface area (Å²) in [7, 11) is 0. The van der Waals surface area contributed by atoms with Crippen molar-refractivity contribution in [3.05, 3.63) is 46.6 Å². The number of hydrogen-bond acceptors (Lipinski definition) is 4. The summed E-state index contributed by atoms with van der Waals surface area (Å²) in [5.41, 5.74) is 1.15. The minimum atomic E-state index is -0.210. The molecule has 1 unspecified atom stereocenters. The van der Waals surface area contributed by atoms with E-state index in [4.69, 9.17) is 16.6 Å². The Bertz CT molecular complexity index is 638. The molecule has 0 saturated carbocycles. The summed E-state index contributed by atoms with van der Waals surface area (Å²) in [6.07, 6.45) is 2.37. The predicted molar refractivity (Wildman–Crippen MR) is 80.5 cm³/mol. The SMILES string of the molecule is O[C@@H]1CCC[NH+](Cn2nc(Cc3ccccc3)oc2=S)C1. The summed E-state index contributed by atoms with van der Waals surface area (Å²) in [5, 5.41) is 14.2. The molecular formula is C15H20N3O2S+. The van der Waals surface area contributed by atoms with Gasteiger partial charge in [-0.25, -0.2) is 0 Å². The number of likely N-dealkylation sites (tertiary alicyclic amines) is 1. The number of aliphatic hydroxyl groups is 1. The smallest absolute Gasteiger partial charge is 0.291 e. The number of hydrogen-bond donors (Lipinski definition) is 2. The average molecular weight is 306 g/mol. The first-order valence-corrected chi connectivity index (χ1v) is 7.74. The summed E-state index contributed by atoms with van der Waals surface area (Å²) < 4.78 is 7.31. The van der Waals surface area contributed by atoms with Gasteiger partial charge in [-0.05, 0) is 30.6 Å². The third-order valence-electron chi connectivity index (χ3n) is 3.81. The molecule has 1 saturated heterocycles. The highest BCUT2D eigenvalue weighted by Gasteiger charge is 2.22. The summed E-state index contributed by atoms with van der Waals surface area (Å²) in [6.45, 7) is 2.45. The standard InChI is InChI=1S/C15H19N3O2S/c19-13-7-4-8-17(10-13)11-18-15(21)20-14(16-18)9-12-5-2-1-3-6-12/h1-3,5-6,13,19H,4,7-11H2/p+1/t13-/m1/s1. The van der Waals surface area contributed by atoms with Gasteiger partial charge in [0.05, 0.1) is 13.0 Å². The van der Waals surface area contributed by atoms with Gasteiger partial charge in [-0.15, -0.1) is 5.10 Å². The minimum Gasteiger partial charge on any atom is -0.413 e. The summed E-state index contributed by atoms with van der Waals surface area (Å²) in [6, 6.07) is 10.1. The zero-order valence-corrected chi connectivity index (χ0v) is 12.7. The highest BCUT2D eigenvalue weighted by atomic mass is 32.1. The monoisotopic (exact) mass is 306 g/mol. The van der Waals surface area contributed by atoms with Gasteiger partial charge in [0.15, 0.2) is 6.67 Å². The molecule has 1 aliphatic rings. The molecule has 21 heavy (non-hydrogen) atoms. The van der Waals surface area contributed by atoms with E-state index in [1.54, 1.807) is 4.68 Å². The summed E-state index contributed by atoms with van der Waals surface area (Å²) in [4.78, 5) is 1.71. The van der Waals surface area contributed by atoms with Crippen molar-refractivity contribution in [3.63, 3.8) is 0 Å². The number of aromatic nitrogens is 2. The van der Waals surface area contributed by atoms with Gasteiger partial charge in [0.2, 0.25) is 5.89 Å². The second-order valence-corrected chi connectivity index (χ2v) is 5.93. The van der Waals surface area contributed by atoms with Crippen LogP contribution in [-0.4, -0.2) is 34.1 Å². The van der Waals surface area contributed by atoms with Crippen molar-refractivity contribution < 1.29 is 14.4 Å². The van der Waals surface area contributed by atoms with Crippen LogP contribution in [0.5, 0.6) is 0 Å². The van der Waals surface area contributed by atoms with Crippen molar-refractivity contribution in [2.75, 3.05) is 13.1 Å². The molecule has 1 aromatic heterocycles. The fraction of sp³-hybridized carbons (Fsp3) is 0.467. The van der Waals surface area contributed by atoms with Gasteiger partial charge in [0, 0.05) is 0 Å². The molecule has 2 atom stereocenters. The Balaban J connectivity index is 1.68. The van der Waals surface area contributed by atoms with Crippen LogP contribution in [0.25, 0.3) is 0 Å². The van der Waals surface area contributed by atoms with Crippen LogP contribution in [0.2, 0.25) is 0 Å². The molecular weight excluding hydrogens is 286 g/mol. The molecule has 2 N–H and O–H groups in total. The van der Waals surface area contributed by atoms with Crippen molar-refractivity contribution in [2.24, 2.45) is 0 Å². The van der Waals surface area contributed by atoms with Crippen LogP contribution < -0.4 is 4.90 Å². The molecule has 2 heterocycles. The number of benzene rings is 1. The number of rotatable bonds is 4. The number of nitrogens with one attached hydrogen (secondary N) is 1. The Hall–Kier alpha value is -1.50. The molecule has 0 aliphatic carbocycles. The Morgan fingerprint density at radius 1 is 1.38 bits per heavy atom. The molecule has 6 heteroatoms. The Kier molecular flexibility index (Phi) is 4.48. The number of nitrogens with zero attached hydrogens (tertiary/aromatic N) is 2. The third kappa shape index (κ3) is 3.78. The van der Waals surface area contributed by atoms with Crippen LogP contribution in [0, 0.1) is 4.84 Å². The van der Waals surface area contributed by atoms with E-state index in [1.165, 1.54) is 4.90 Å². The first kappa shape index (κ1) is 14.4. The van der Waals surface area contributed by atoms with Crippen molar-refractivity contribution in [1.82, 2.24) is 9.78 Å². The van der Waals surface area contributed by atoms with Gasteiger partial charge in [-0.2, -0.15) is 4.68 Å². The van der Waals surface area contributed by atoms with Gasteiger partial charge in [-0.3, -0.25) is 0 Å². The van der Waals surface area contributed by atoms with Crippen LogP contribution in [0.4, 0.5) is 0 Å². The van der Waals surface area contributed by atoms with E-state index in [2.05, 4.69) is 5.10 Å². The highest BCUT2D eigenvalue weighted by Crippen LogP contribution is 2.08. The Morgan fingerprint density at radius 3 is 2.95 bits per heavy atom. The van der Waals surface area contributed by atoms with Crippen molar-refractivity contribution in [2.45, 2.75) is 32.0 Å². The molecule has 1 aliphatic heterocycles. The lowest BCUT2D eigenvalue weighted by Gasteiger charge is -2.26. The molecule has 2 aromatic rings. The zero-order valence-electron chi connectivity index (χ0n) is 11.9. The quantitative estimate of drug-likeness (QED) is 0.820. The molecule has 0 spiro atoms. The largest absolute Gasteiger partial charge is 0.413 e. The molecule has 112 valence electrons. The maximum absolute atomic E-state index is 9.73. The van der Waals surface area contributed by atoms with Crippen molar-refractivity contribution >= 4 is 12.2 Å². The van der Waals surface area contributed by atoms with Crippen molar-refractivity contribution in [1.29, 1.82) is 0 Å².